The Hall–Kier alpha value is -3.84. The van der Waals surface area contributed by atoms with Crippen molar-refractivity contribution in [1.29, 1.82) is 0 Å². The van der Waals surface area contributed by atoms with Gasteiger partial charge < -0.3 is 14.4 Å². The van der Waals surface area contributed by atoms with Gasteiger partial charge in [0.2, 0.25) is 0 Å². The van der Waals surface area contributed by atoms with Gasteiger partial charge in [-0.05, 0) is 72.9 Å². The van der Waals surface area contributed by atoms with E-state index in [9.17, 15) is 9.18 Å². The summed E-state index contributed by atoms with van der Waals surface area (Å²) in [7, 11) is 3.30. The highest BCUT2D eigenvalue weighted by atomic mass is 32.1. The zero-order chi connectivity index (χ0) is 25.5. The molecule has 188 valence electrons. The molecule has 2 heterocycles. The minimum absolute atomic E-state index is 0.0104. The van der Waals surface area contributed by atoms with E-state index in [1.54, 1.807) is 37.7 Å². The van der Waals surface area contributed by atoms with Crippen LogP contribution in [0.3, 0.4) is 0 Å². The number of amides is 1. The zero-order valence-electron chi connectivity index (χ0n) is 20.7. The van der Waals surface area contributed by atoms with Gasteiger partial charge in [-0.15, -0.1) is 11.3 Å². The van der Waals surface area contributed by atoms with Crippen molar-refractivity contribution in [2.24, 2.45) is 0 Å². The molecule has 1 amide bonds. The van der Waals surface area contributed by atoms with Gasteiger partial charge >= 0.3 is 0 Å². The van der Waals surface area contributed by atoms with Crippen molar-refractivity contribution in [2.45, 2.75) is 32.0 Å². The first-order valence-electron chi connectivity index (χ1n) is 12.3. The Balaban J connectivity index is 1.58. The predicted molar refractivity (Wildman–Crippen MR) is 144 cm³/mol. The van der Waals surface area contributed by atoms with E-state index in [4.69, 9.17) is 9.47 Å². The first-order valence-corrected chi connectivity index (χ1v) is 13.2. The van der Waals surface area contributed by atoms with Gasteiger partial charge in [-0.2, -0.15) is 0 Å². The molecule has 1 atom stereocenters. The van der Waals surface area contributed by atoms with Crippen molar-refractivity contribution in [3.8, 4) is 11.5 Å². The molecule has 0 saturated carbocycles. The summed E-state index contributed by atoms with van der Waals surface area (Å²) in [4.78, 5) is 19.7. The second-order valence-corrected chi connectivity index (χ2v) is 10.4. The van der Waals surface area contributed by atoms with Gasteiger partial charge in [-0.25, -0.2) is 4.39 Å². The lowest BCUT2D eigenvalue weighted by Gasteiger charge is -2.45. The Morgan fingerprint density at radius 3 is 2.49 bits per heavy atom. The van der Waals surface area contributed by atoms with Crippen molar-refractivity contribution in [3.05, 3.63) is 106 Å². The first-order chi connectivity index (χ1) is 18.1. The molecule has 7 heteroatoms. The normalized spacial score (nSPS) is 16.5. The molecule has 2 aliphatic rings. The van der Waals surface area contributed by atoms with Crippen molar-refractivity contribution < 1.29 is 18.7 Å². The number of anilines is 2. The van der Waals surface area contributed by atoms with Gasteiger partial charge in [-0.3, -0.25) is 9.69 Å². The number of ether oxygens (including phenoxy) is 2. The second-order valence-electron chi connectivity index (χ2n) is 9.28. The number of carbonyl (C=O) groups excluding carboxylic acids is 1. The third kappa shape index (κ3) is 4.03. The number of hydrogen-bond donors (Lipinski definition) is 0. The lowest BCUT2D eigenvalue weighted by Crippen LogP contribution is -2.49. The van der Waals surface area contributed by atoms with Crippen molar-refractivity contribution >= 4 is 27.9 Å². The fraction of sp³-hybridized carbons (Fsp3) is 0.233. The van der Waals surface area contributed by atoms with Crippen LogP contribution in [0.5, 0.6) is 11.5 Å². The third-order valence-corrected chi connectivity index (χ3v) is 8.50. The lowest BCUT2D eigenvalue weighted by atomic mass is 10.00. The predicted octanol–water partition coefficient (Wildman–Crippen LogP) is 6.76. The van der Waals surface area contributed by atoms with E-state index in [0.29, 0.717) is 6.54 Å². The number of fused-ring (bicyclic) bond motifs is 3. The molecule has 0 unspecified atom stereocenters. The fourth-order valence-corrected chi connectivity index (χ4v) is 6.85. The van der Waals surface area contributed by atoms with Gasteiger partial charge in [0, 0.05) is 22.7 Å². The molecule has 0 saturated heterocycles. The molecule has 1 aliphatic carbocycles. The van der Waals surface area contributed by atoms with Crippen LogP contribution in [-0.2, 0) is 19.4 Å². The Morgan fingerprint density at radius 1 is 0.973 bits per heavy atom. The average Bonchev–Trinajstić information content (AvgIpc) is 3.53. The van der Waals surface area contributed by atoms with Crippen molar-refractivity contribution in [3.63, 3.8) is 0 Å². The van der Waals surface area contributed by atoms with E-state index in [1.807, 2.05) is 53.4 Å². The summed E-state index contributed by atoms with van der Waals surface area (Å²) < 4.78 is 25.2. The van der Waals surface area contributed by atoms with Gasteiger partial charge in [-0.1, -0.05) is 30.3 Å². The van der Waals surface area contributed by atoms with Crippen LogP contribution in [0.2, 0.25) is 0 Å². The van der Waals surface area contributed by atoms with Crippen LogP contribution < -0.4 is 19.3 Å². The number of nitrogens with zero attached hydrogens (tertiary/aromatic N) is 2. The molecule has 0 fully saturated rings. The summed E-state index contributed by atoms with van der Waals surface area (Å²) in [5.74, 6) is 1.15. The number of aryl methyl sites for hydroxylation is 1. The Kier molecular flexibility index (Phi) is 6.08. The molecule has 0 N–H and O–H groups in total. The van der Waals surface area contributed by atoms with E-state index in [2.05, 4.69) is 4.90 Å². The highest BCUT2D eigenvalue weighted by Gasteiger charge is 2.44. The van der Waals surface area contributed by atoms with Gasteiger partial charge in [0.05, 0.1) is 19.8 Å². The zero-order valence-corrected chi connectivity index (χ0v) is 21.6. The molecule has 0 radical (unpaired) electrons. The quantitative estimate of drug-likeness (QED) is 0.285. The summed E-state index contributed by atoms with van der Waals surface area (Å²) in [6, 6.07) is 21.9. The maximum atomic E-state index is 14.3. The number of thiophene rings is 1. The number of hydrogen-bond acceptors (Lipinski definition) is 5. The number of para-hydroxylation sites is 1. The molecule has 5 nitrogen and oxygen atoms in total. The minimum atomic E-state index is -0.474. The second kappa shape index (κ2) is 9.56. The van der Waals surface area contributed by atoms with Crippen LogP contribution >= 0.6 is 11.3 Å². The van der Waals surface area contributed by atoms with Gasteiger partial charge in [0.15, 0.2) is 0 Å². The molecule has 4 aromatic rings. The van der Waals surface area contributed by atoms with Crippen LogP contribution in [0.15, 0.2) is 72.8 Å². The number of methoxy groups -OCH3 is 2. The number of halogens is 1. The molecular formula is C30H27FN2O3S. The first kappa shape index (κ1) is 23.6. The summed E-state index contributed by atoms with van der Waals surface area (Å²) in [6.45, 7) is 0.478. The van der Waals surface area contributed by atoms with Crippen molar-refractivity contribution in [1.82, 2.24) is 0 Å². The van der Waals surface area contributed by atoms with Crippen LogP contribution in [0.1, 0.15) is 44.5 Å². The summed E-state index contributed by atoms with van der Waals surface area (Å²) in [5, 5.41) is 0.959. The monoisotopic (exact) mass is 514 g/mol. The number of rotatable bonds is 6. The highest BCUT2D eigenvalue weighted by molar-refractivity contribution is 7.17. The average molecular weight is 515 g/mol. The number of benzene rings is 3. The maximum absolute atomic E-state index is 14.3. The molecule has 1 aromatic heterocycles. The van der Waals surface area contributed by atoms with Crippen LogP contribution in [0.4, 0.5) is 15.1 Å². The van der Waals surface area contributed by atoms with E-state index in [1.165, 1.54) is 22.6 Å². The van der Waals surface area contributed by atoms with Crippen LogP contribution in [0, 0.1) is 5.82 Å². The van der Waals surface area contributed by atoms with Crippen molar-refractivity contribution in [2.75, 3.05) is 24.0 Å². The van der Waals surface area contributed by atoms with E-state index < -0.39 is 6.17 Å². The molecule has 0 bridgehead atoms. The van der Waals surface area contributed by atoms with Crippen LogP contribution in [-0.4, -0.2) is 20.1 Å². The Labute approximate surface area is 219 Å². The topological polar surface area (TPSA) is 42.0 Å². The smallest absolute Gasteiger partial charge is 0.263 e. The Bertz CT molecular complexity index is 1450. The fourth-order valence-electron chi connectivity index (χ4n) is 5.45. The SMILES string of the molecule is COc1ccc(OC)c(CN2c3sc4c(c3C(=O)N(c3ccccc3)[C@@H]2c2ccc(F)cc2)CCC4)c1. The molecule has 6 rings (SSSR count). The largest absolute Gasteiger partial charge is 0.497 e. The maximum Gasteiger partial charge on any atom is 0.263 e. The van der Waals surface area contributed by atoms with E-state index in [-0.39, 0.29) is 11.7 Å². The molecule has 1 aliphatic heterocycles. The summed E-state index contributed by atoms with van der Waals surface area (Å²) >= 11 is 1.71. The van der Waals surface area contributed by atoms with Gasteiger partial charge in [0.1, 0.15) is 28.5 Å². The van der Waals surface area contributed by atoms with Crippen LogP contribution in [0.25, 0.3) is 0 Å². The standard InChI is InChI=1S/C30H27FN2O3S/c1-35-23-15-16-25(36-2)20(17-23)18-32-28(19-11-13-21(31)14-12-19)33(22-7-4-3-5-8-22)29(34)27-24-9-6-10-26(24)37-30(27)32/h3-5,7-8,11-17,28H,6,9-10,18H2,1-2H3/t28-/m1/s1. The molecular weight excluding hydrogens is 487 g/mol. The third-order valence-electron chi connectivity index (χ3n) is 7.17. The summed E-state index contributed by atoms with van der Waals surface area (Å²) in [6.07, 6.45) is 2.49. The lowest BCUT2D eigenvalue weighted by molar-refractivity contribution is 0.0968. The number of carbonyl (C=O) groups is 1. The Morgan fingerprint density at radius 2 is 1.76 bits per heavy atom. The molecule has 37 heavy (non-hydrogen) atoms. The molecule has 3 aromatic carbocycles. The van der Waals surface area contributed by atoms with E-state index in [0.717, 1.165) is 58.1 Å². The van der Waals surface area contributed by atoms with E-state index >= 15 is 0 Å². The highest BCUT2D eigenvalue weighted by Crippen LogP contribution is 2.50. The van der Waals surface area contributed by atoms with Gasteiger partial charge in [0.25, 0.3) is 5.91 Å². The summed E-state index contributed by atoms with van der Waals surface area (Å²) in [5.41, 5.74) is 4.54. The molecule has 0 spiro atoms. The minimum Gasteiger partial charge on any atom is -0.497 e.